The van der Waals surface area contributed by atoms with Crippen molar-refractivity contribution in [3.05, 3.63) is 62.0 Å². The van der Waals surface area contributed by atoms with Crippen molar-refractivity contribution in [1.29, 1.82) is 0 Å². The Kier molecular flexibility index (Phi) is 3.27. The van der Waals surface area contributed by atoms with Crippen LogP contribution in [0.2, 0.25) is 10.0 Å². The summed E-state index contributed by atoms with van der Waals surface area (Å²) in [5.74, 6) is 0. The minimum absolute atomic E-state index is 0.171. The van der Waals surface area contributed by atoms with E-state index in [0.717, 1.165) is 5.69 Å². The predicted octanol–water partition coefficient (Wildman–Crippen LogP) is 3.76. The van der Waals surface area contributed by atoms with Crippen molar-refractivity contribution in [2.75, 3.05) is 0 Å². The van der Waals surface area contributed by atoms with Gasteiger partial charge in [0.2, 0.25) is 5.43 Å². The van der Waals surface area contributed by atoms with E-state index in [4.69, 9.17) is 23.2 Å². The van der Waals surface area contributed by atoms with Crippen molar-refractivity contribution in [1.82, 2.24) is 4.57 Å². The average Bonchev–Trinajstić information content (AvgIpc) is 2.36. The van der Waals surface area contributed by atoms with Gasteiger partial charge in [-0.05, 0) is 26.0 Å². The summed E-state index contributed by atoms with van der Waals surface area (Å²) in [7, 11) is 0. The fraction of sp³-hybridized carbons (Fsp3) is 0.154. The van der Waals surface area contributed by atoms with Gasteiger partial charge in [-0.3, -0.25) is 4.79 Å². The van der Waals surface area contributed by atoms with E-state index in [1.165, 1.54) is 0 Å². The molecule has 0 amide bonds. The number of benzene rings is 1. The van der Waals surface area contributed by atoms with Crippen molar-refractivity contribution in [3.63, 3.8) is 0 Å². The van der Waals surface area contributed by atoms with E-state index in [1.54, 1.807) is 13.8 Å². The predicted molar refractivity (Wildman–Crippen MR) is 71.5 cm³/mol. The van der Waals surface area contributed by atoms with Gasteiger partial charge in [0.25, 0.3) is 0 Å². The zero-order valence-corrected chi connectivity index (χ0v) is 11.0. The third-order valence-corrected chi connectivity index (χ3v) is 3.61. The first-order chi connectivity index (χ1) is 8.04. The van der Waals surface area contributed by atoms with Crippen molar-refractivity contribution in [2.24, 2.45) is 0 Å². The Labute approximate surface area is 109 Å². The van der Waals surface area contributed by atoms with Gasteiger partial charge in [-0.15, -0.1) is 0 Å². The van der Waals surface area contributed by atoms with E-state index in [9.17, 15) is 4.79 Å². The molecule has 1 aromatic heterocycles. The molecule has 0 spiro atoms. The number of halogens is 2. The molecule has 4 heteroatoms. The maximum Gasteiger partial charge on any atom is 0.219 e. The van der Waals surface area contributed by atoms with Crippen LogP contribution < -0.4 is 5.43 Å². The highest BCUT2D eigenvalue weighted by atomic mass is 35.5. The lowest BCUT2D eigenvalue weighted by Crippen LogP contribution is -2.15. The monoisotopic (exact) mass is 267 g/mol. The summed E-state index contributed by atoms with van der Waals surface area (Å²) in [5, 5.41) is 0.342. The molecule has 2 nitrogen and oxygen atoms in total. The van der Waals surface area contributed by atoms with Gasteiger partial charge in [-0.1, -0.05) is 41.4 Å². The van der Waals surface area contributed by atoms with Gasteiger partial charge in [0.05, 0.1) is 0 Å². The number of pyridine rings is 1. The molecule has 88 valence electrons. The Morgan fingerprint density at radius 2 is 1.41 bits per heavy atom. The molecule has 2 aromatic rings. The van der Waals surface area contributed by atoms with Crippen LogP contribution >= 0.6 is 23.2 Å². The van der Waals surface area contributed by atoms with E-state index >= 15 is 0 Å². The number of para-hydroxylation sites is 1. The summed E-state index contributed by atoms with van der Waals surface area (Å²) < 4.78 is 1.88. The first kappa shape index (κ1) is 12.2. The molecule has 2 rings (SSSR count). The normalized spacial score (nSPS) is 10.6. The highest BCUT2D eigenvalue weighted by molar-refractivity contribution is 6.35. The highest BCUT2D eigenvalue weighted by Crippen LogP contribution is 2.23. The molecule has 0 unspecified atom stereocenters. The quantitative estimate of drug-likeness (QED) is 0.771. The zero-order chi connectivity index (χ0) is 12.6. The summed E-state index contributed by atoms with van der Waals surface area (Å²) in [6, 6.07) is 9.66. The lowest BCUT2D eigenvalue weighted by atomic mass is 10.2. The second kappa shape index (κ2) is 4.55. The van der Waals surface area contributed by atoms with E-state index in [2.05, 4.69) is 0 Å². The topological polar surface area (TPSA) is 22.0 Å². The van der Waals surface area contributed by atoms with Crippen LogP contribution in [0.5, 0.6) is 0 Å². The molecule has 0 bridgehead atoms. The van der Waals surface area contributed by atoms with E-state index in [-0.39, 0.29) is 15.5 Å². The summed E-state index contributed by atoms with van der Waals surface area (Å²) in [6.07, 6.45) is 0. The Bertz CT molecular complexity index is 585. The second-order valence-electron chi connectivity index (χ2n) is 3.80. The van der Waals surface area contributed by atoms with Gasteiger partial charge >= 0.3 is 0 Å². The van der Waals surface area contributed by atoms with E-state index < -0.39 is 0 Å². The molecule has 0 radical (unpaired) electrons. The van der Waals surface area contributed by atoms with Crippen LogP contribution in [0.3, 0.4) is 0 Å². The molecule has 0 atom stereocenters. The largest absolute Gasteiger partial charge is 0.315 e. The Balaban J connectivity index is 2.84. The average molecular weight is 268 g/mol. The van der Waals surface area contributed by atoms with Crippen LogP contribution in [0, 0.1) is 13.8 Å². The molecule has 0 saturated carbocycles. The maximum absolute atomic E-state index is 11.7. The number of hydrogen-bond acceptors (Lipinski definition) is 1. The minimum atomic E-state index is -0.310. The molecule has 0 aliphatic rings. The first-order valence-corrected chi connectivity index (χ1v) is 5.92. The molecular formula is C13H11Cl2NO. The van der Waals surface area contributed by atoms with Crippen molar-refractivity contribution >= 4 is 23.2 Å². The van der Waals surface area contributed by atoms with Gasteiger partial charge in [0, 0.05) is 17.1 Å². The molecule has 0 aliphatic heterocycles. The third-order valence-electron chi connectivity index (χ3n) is 2.72. The Hall–Kier alpha value is -1.25. The summed E-state index contributed by atoms with van der Waals surface area (Å²) >= 11 is 12.0. The fourth-order valence-electron chi connectivity index (χ4n) is 1.84. The van der Waals surface area contributed by atoms with Gasteiger partial charge in [-0.2, -0.15) is 0 Å². The fourth-order valence-corrected chi connectivity index (χ4v) is 2.24. The van der Waals surface area contributed by atoms with Gasteiger partial charge < -0.3 is 4.57 Å². The molecule has 0 aliphatic carbocycles. The zero-order valence-electron chi connectivity index (χ0n) is 9.50. The Morgan fingerprint density at radius 1 is 0.941 bits per heavy atom. The van der Waals surface area contributed by atoms with Crippen molar-refractivity contribution in [3.8, 4) is 5.69 Å². The molecule has 0 N–H and O–H groups in total. The number of hydrogen-bond donors (Lipinski definition) is 0. The maximum atomic E-state index is 11.7. The van der Waals surface area contributed by atoms with Crippen LogP contribution in [-0.4, -0.2) is 4.57 Å². The summed E-state index contributed by atoms with van der Waals surface area (Å²) in [6.45, 7) is 3.61. The van der Waals surface area contributed by atoms with E-state index in [1.807, 2.05) is 34.9 Å². The van der Waals surface area contributed by atoms with E-state index in [0.29, 0.717) is 11.4 Å². The lowest BCUT2D eigenvalue weighted by molar-refractivity contribution is 0.923. The summed E-state index contributed by atoms with van der Waals surface area (Å²) in [5.41, 5.74) is 2.02. The van der Waals surface area contributed by atoms with Crippen LogP contribution in [0.15, 0.2) is 35.1 Å². The SMILES string of the molecule is Cc1c(Cl)c(=O)c(Cl)c(C)n1-c1ccccc1. The second-order valence-corrected chi connectivity index (χ2v) is 4.55. The molecule has 1 aromatic carbocycles. The highest BCUT2D eigenvalue weighted by Gasteiger charge is 2.14. The van der Waals surface area contributed by atoms with Crippen LogP contribution in [0.25, 0.3) is 5.69 Å². The molecule has 0 saturated heterocycles. The third kappa shape index (κ3) is 1.99. The summed E-state index contributed by atoms with van der Waals surface area (Å²) in [4.78, 5) is 11.7. The number of rotatable bonds is 1. The lowest BCUT2D eigenvalue weighted by Gasteiger charge is -2.16. The molecular weight excluding hydrogens is 257 g/mol. The number of nitrogens with zero attached hydrogens (tertiary/aromatic N) is 1. The molecule has 0 fully saturated rings. The Morgan fingerprint density at radius 3 is 1.88 bits per heavy atom. The van der Waals surface area contributed by atoms with Crippen LogP contribution in [0.4, 0.5) is 0 Å². The standard InChI is InChI=1S/C13H11Cl2NO/c1-8-11(14)13(17)12(15)9(2)16(8)10-6-4-3-5-7-10/h3-7H,1-2H3. The molecule has 17 heavy (non-hydrogen) atoms. The van der Waals surface area contributed by atoms with Crippen LogP contribution in [0.1, 0.15) is 11.4 Å². The van der Waals surface area contributed by atoms with Gasteiger partial charge in [0.1, 0.15) is 10.0 Å². The van der Waals surface area contributed by atoms with Gasteiger partial charge in [0.15, 0.2) is 0 Å². The van der Waals surface area contributed by atoms with Gasteiger partial charge in [-0.25, -0.2) is 0 Å². The smallest absolute Gasteiger partial charge is 0.219 e. The number of aromatic nitrogens is 1. The van der Waals surface area contributed by atoms with Crippen molar-refractivity contribution < 1.29 is 0 Å². The van der Waals surface area contributed by atoms with Crippen molar-refractivity contribution in [2.45, 2.75) is 13.8 Å². The molecule has 1 heterocycles. The first-order valence-electron chi connectivity index (χ1n) is 5.16. The minimum Gasteiger partial charge on any atom is -0.315 e. The van der Waals surface area contributed by atoms with Crippen LogP contribution in [-0.2, 0) is 0 Å².